The quantitative estimate of drug-likeness (QED) is 0.640. The molecule has 0 spiro atoms. The van der Waals surface area contributed by atoms with E-state index in [-0.39, 0.29) is 12.3 Å². The highest BCUT2D eigenvalue weighted by Gasteiger charge is 2.36. The van der Waals surface area contributed by atoms with Gasteiger partial charge in [-0.25, -0.2) is 0 Å². The van der Waals surface area contributed by atoms with Crippen LogP contribution in [0.1, 0.15) is 24.8 Å². The Bertz CT molecular complexity index is 869. The summed E-state index contributed by atoms with van der Waals surface area (Å²) in [6.45, 7) is 0.310. The predicted molar refractivity (Wildman–Crippen MR) is 111 cm³/mol. The second-order valence-electron chi connectivity index (χ2n) is 5.93. The van der Waals surface area contributed by atoms with E-state index in [9.17, 15) is 9.59 Å². The summed E-state index contributed by atoms with van der Waals surface area (Å²) in [5.41, 5.74) is 0.809. The largest absolute Gasteiger partial charge is 0.481 e. The highest BCUT2D eigenvalue weighted by Crippen LogP contribution is 2.35. The standard InChI is InChI=1S/C18H15Cl2NO4S2/c19-12-5-3-10(8-13(12)20)14-6-4-11(25-14)9-15-17(24)21(18(26)27-15)7-1-2-16(22)23/h3,5-6,8-9,15H,1-2,4,7H2,(H,22,23). The molecule has 0 aliphatic carbocycles. The third-order valence-electron chi connectivity index (χ3n) is 4.00. The molecule has 1 aromatic rings. The number of aliphatic carboxylic acids is 1. The van der Waals surface area contributed by atoms with E-state index >= 15 is 0 Å². The summed E-state index contributed by atoms with van der Waals surface area (Å²) < 4.78 is 6.31. The Kier molecular flexibility index (Phi) is 6.47. The number of allylic oxidation sites excluding steroid dienone is 1. The summed E-state index contributed by atoms with van der Waals surface area (Å²) in [6.07, 6.45) is 4.61. The first-order valence-corrected chi connectivity index (χ1v) is 10.2. The highest BCUT2D eigenvalue weighted by atomic mass is 35.5. The zero-order valence-corrected chi connectivity index (χ0v) is 17.1. The van der Waals surface area contributed by atoms with Crippen LogP contribution in [-0.2, 0) is 14.3 Å². The molecule has 1 fully saturated rings. The molecule has 1 amide bonds. The Morgan fingerprint density at radius 3 is 2.89 bits per heavy atom. The Morgan fingerprint density at radius 1 is 1.41 bits per heavy atom. The lowest BCUT2D eigenvalue weighted by atomic mass is 10.2. The number of ether oxygens (including phenoxy) is 1. The van der Waals surface area contributed by atoms with Crippen LogP contribution in [0.4, 0.5) is 0 Å². The average Bonchev–Trinajstić information content (AvgIpc) is 3.17. The lowest BCUT2D eigenvalue weighted by molar-refractivity contribution is -0.137. The molecule has 1 aromatic carbocycles. The number of carboxylic acid groups (broad SMARTS) is 1. The van der Waals surface area contributed by atoms with Crippen LogP contribution in [0.2, 0.25) is 10.0 Å². The van der Waals surface area contributed by atoms with E-state index in [4.69, 9.17) is 45.3 Å². The molecule has 0 saturated carbocycles. The molecule has 5 nitrogen and oxygen atoms in total. The second kappa shape index (κ2) is 8.65. The minimum Gasteiger partial charge on any atom is -0.481 e. The summed E-state index contributed by atoms with van der Waals surface area (Å²) in [4.78, 5) is 24.6. The maximum atomic E-state index is 12.5. The molecule has 2 aliphatic rings. The van der Waals surface area contributed by atoms with Crippen LogP contribution in [0.3, 0.4) is 0 Å². The van der Waals surface area contributed by atoms with Gasteiger partial charge < -0.3 is 9.84 Å². The fourth-order valence-corrected chi connectivity index (χ4v) is 4.44. The molecule has 1 saturated heterocycles. The minimum atomic E-state index is -0.890. The van der Waals surface area contributed by atoms with Gasteiger partial charge in [0.1, 0.15) is 21.1 Å². The highest BCUT2D eigenvalue weighted by molar-refractivity contribution is 8.24. The first kappa shape index (κ1) is 20.2. The van der Waals surface area contributed by atoms with E-state index in [0.29, 0.717) is 45.3 Å². The van der Waals surface area contributed by atoms with Gasteiger partial charge in [-0.1, -0.05) is 47.2 Å². The number of carbonyl (C=O) groups excluding carboxylic acids is 1. The Balaban J connectivity index is 1.63. The molecule has 0 bridgehead atoms. The Labute approximate surface area is 175 Å². The molecule has 0 radical (unpaired) electrons. The summed E-state index contributed by atoms with van der Waals surface area (Å²) >= 11 is 18.5. The summed E-state index contributed by atoms with van der Waals surface area (Å²) in [6, 6.07) is 5.25. The number of halogens is 2. The van der Waals surface area contributed by atoms with E-state index in [1.165, 1.54) is 16.7 Å². The van der Waals surface area contributed by atoms with Crippen molar-refractivity contribution in [3.63, 3.8) is 0 Å². The smallest absolute Gasteiger partial charge is 0.303 e. The SMILES string of the molecule is O=C(O)CCCN1C(=O)C(C=C2CC=C(c3ccc(Cl)c(Cl)c3)O2)SC1=S. The molecule has 1 unspecified atom stereocenters. The fraction of sp³-hybridized carbons (Fsp3) is 0.278. The van der Waals surface area contributed by atoms with Crippen LogP contribution in [0, 0.1) is 0 Å². The normalized spacial score (nSPS) is 21.0. The van der Waals surface area contributed by atoms with Gasteiger partial charge in [0, 0.05) is 24.9 Å². The topological polar surface area (TPSA) is 66.8 Å². The molecule has 0 aromatic heterocycles. The Morgan fingerprint density at radius 2 is 2.19 bits per heavy atom. The molecule has 142 valence electrons. The van der Waals surface area contributed by atoms with Gasteiger partial charge in [0.25, 0.3) is 0 Å². The van der Waals surface area contributed by atoms with Gasteiger partial charge in [-0.2, -0.15) is 0 Å². The summed E-state index contributed by atoms with van der Waals surface area (Å²) in [7, 11) is 0. The van der Waals surface area contributed by atoms with Crippen molar-refractivity contribution in [3.05, 3.63) is 51.7 Å². The molecular formula is C18H15Cl2NO4S2. The van der Waals surface area contributed by atoms with E-state index in [1.807, 2.05) is 12.1 Å². The molecule has 27 heavy (non-hydrogen) atoms. The second-order valence-corrected chi connectivity index (χ2v) is 8.52. The number of thiocarbonyl (C=S) groups is 1. The lowest BCUT2D eigenvalue weighted by Gasteiger charge is -2.14. The van der Waals surface area contributed by atoms with Crippen LogP contribution in [0.25, 0.3) is 5.76 Å². The van der Waals surface area contributed by atoms with Gasteiger partial charge in [-0.3, -0.25) is 14.5 Å². The van der Waals surface area contributed by atoms with E-state index in [2.05, 4.69) is 0 Å². The van der Waals surface area contributed by atoms with Crippen LogP contribution in [0.15, 0.2) is 36.1 Å². The van der Waals surface area contributed by atoms with E-state index in [0.717, 1.165) is 5.56 Å². The van der Waals surface area contributed by atoms with Crippen LogP contribution >= 0.6 is 47.2 Å². The Hall–Kier alpha value is -1.54. The van der Waals surface area contributed by atoms with Crippen molar-refractivity contribution in [1.29, 1.82) is 0 Å². The predicted octanol–water partition coefficient (Wildman–Crippen LogP) is 4.73. The van der Waals surface area contributed by atoms with Crippen molar-refractivity contribution >= 4 is 69.1 Å². The maximum Gasteiger partial charge on any atom is 0.303 e. The molecule has 3 rings (SSSR count). The average molecular weight is 444 g/mol. The molecule has 1 N–H and O–H groups in total. The lowest BCUT2D eigenvalue weighted by Crippen LogP contribution is -2.32. The molecular weight excluding hydrogens is 429 g/mol. The number of nitrogens with zero attached hydrogens (tertiary/aromatic N) is 1. The summed E-state index contributed by atoms with van der Waals surface area (Å²) in [5.74, 6) is 0.293. The third kappa shape index (κ3) is 4.85. The molecule has 9 heteroatoms. The molecule has 2 heterocycles. The zero-order valence-electron chi connectivity index (χ0n) is 14.0. The van der Waals surface area contributed by atoms with Crippen molar-refractivity contribution in [3.8, 4) is 0 Å². The first-order valence-electron chi connectivity index (χ1n) is 8.13. The van der Waals surface area contributed by atoms with Gasteiger partial charge in [-0.05, 0) is 36.8 Å². The van der Waals surface area contributed by atoms with Crippen molar-refractivity contribution in [2.75, 3.05) is 6.54 Å². The molecule has 1 atom stereocenters. The fourth-order valence-electron chi connectivity index (χ4n) is 2.68. The first-order chi connectivity index (χ1) is 12.8. The number of thioether (sulfide) groups is 1. The van der Waals surface area contributed by atoms with Gasteiger partial charge >= 0.3 is 5.97 Å². The zero-order chi connectivity index (χ0) is 19.6. The number of amides is 1. The monoisotopic (exact) mass is 443 g/mol. The number of hydrogen-bond donors (Lipinski definition) is 1. The third-order valence-corrected chi connectivity index (χ3v) is 6.26. The van der Waals surface area contributed by atoms with Crippen molar-refractivity contribution < 1.29 is 19.4 Å². The van der Waals surface area contributed by atoms with Gasteiger partial charge in [0.05, 0.1) is 10.0 Å². The summed E-state index contributed by atoms with van der Waals surface area (Å²) in [5, 5.41) is 9.18. The van der Waals surface area contributed by atoms with E-state index in [1.54, 1.807) is 18.2 Å². The van der Waals surface area contributed by atoms with Gasteiger partial charge in [0.15, 0.2) is 0 Å². The van der Waals surface area contributed by atoms with Crippen molar-refractivity contribution in [1.82, 2.24) is 4.90 Å². The van der Waals surface area contributed by atoms with Crippen LogP contribution in [-0.4, -0.2) is 38.0 Å². The number of carbonyl (C=O) groups is 2. The minimum absolute atomic E-state index is 0.00284. The van der Waals surface area contributed by atoms with Gasteiger partial charge in [-0.15, -0.1) is 0 Å². The van der Waals surface area contributed by atoms with Gasteiger partial charge in [0.2, 0.25) is 5.91 Å². The maximum absolute atomic E-state index is 12.5. The van der Waals surface area contributed by atoms with Crippen LogP contribution in [0.5, 0.6) is 0 Å². The van der Waals surface area contributed by atoms with E-state index < -0.39 is 11.2 Å². The number of rotatable bonds is 6. The molecule has 2 aliphatic heterocycles. The number of hydrogen-bond acceptors (Lipinski definition) is 5. The number of carboxylic acids is 1. The number of benzene rings is 1. The van der Waals surface area contributed by atoms with Crippen molar-refractivity contribution in [2.24, 2.45) is 0 Å². The van der Waals surface area contributed by atoms with Crippen molar-refractivity contribution in [2.45, 2.75) is 24.5 Å². The van der Waals surface area contributed by atoms with Crippen LogP contribution < -0.4 is 0 Å².